The van der Waals surface area contributed by atoms with Crippen LogP contribution in [-0.2, 0) is 16.6 Å². The van der Waals surface area contributed by atoms with Gasteiger partial charge in [0.05, 0.1) is 11.9 Å². The number of likely N-dealkylation sites (tertiary alicyclic amines) is 1. The molecular formula is C18H27N5O3. The van der Waals surface area contributed by atoms with Crippen molar-refractivity contribution in [2.75, 3.05) is 44.2 Å². The summed E-state index contributed by atoms with van der Waals surface area (Å²) in [6.45, 7) is 3.92. The summed E-state index contributed by atoms with van der Waals surface area (Å²) in [5.41, 5.74) is 0.665. The Morgan fingerprint density at radius 1 is 1.08 bits per heavy atom. The summed E-state index contributed by atoms with van der Waals surface area (Å²) in [6, 6.07) is 1.58. The van der Waals surface area contributed by atoms with Crippen LogP contribution in [0.25, 0.3) is 0 Å². The number of carbonyl (C=O) groups is 2. The van der Waals surface area contributed by atoms with Gasteiger partial charge in [-0.2, -0.15) is 5.10 Å². The number of hydrogen-bond donors (Lipinski definition) is 0. The first kappa shape index (κ1) is 18.4. The highest BCUT2D eigenvalue weighted by Crippen LogP contribution is 2.15. The summed E-state index contributed by atoms with van der Waals surface area (Å²) in [4.78, 5) is 42.0. The smallest absolute Gasteiger partial charge is 0.268 e. The first-order chi connectivity index (χ1) is 12.5. The fourth-order valence-electron chi connectivity index (χ4n) is 3.51. The molecule has 2 aliphatic heterocycles. The molecule has 0 bridgehead atoms. The molecule has 0 unspecified atom stereocenters. The number of anilines is 1. The van der Waals surface area contributed by atoms with Crippen LogP contribution in [-0.4, -0.2) is 70.7 Å². The Balaban J connectivity index is 1.48. The third-order valence-electron chi connectivity index (χ3n) is 5.22. The van der Waals surface area contributed by atoms with E-state index in [9.17, 15) is 14.4 Å². The van der Waals surface area contributed by atoms with Crippen molar-refractivity contribution in [1.29, 1.82) is 0 Å². The summed E-state index contributed by atoms with van der Waals surface area (Å²) in [7, 11) is 1.62. The molecule has 0 atom stereocenters. The van der Waals surface area contributed by atoms with Crippen LogP contribution in [0.5, 0.6) is 0 Å². The largest absolute Gasteiger partial charge is 0.367 e. The SMILES string of the molecule is Cn1ncc(N2CCN(C(=O)CCN3CCCCCC3=O)CC2)cc1=O. The third-order valence-corrected chi connectivity index (χ3v) is 5.22. The molecule has 8 nitrogen and oxygen atoms in total. The zero-order valence-corrected chi connectivity index (χ0v) is 15.4. The minimum Gasteiger partial charge on any atom is -0.367 e. The number of aromatic nitrogens is 2. The van der Waals surface area contributed by atoms with E-state index >= 15 is 0 Å². The lowest BCUT2D eigenvalue weighted by Gasteiger charge is -2.36. The predicted octanol–water partition coefficient (Wildman–Crippen LogP) is 0.222. The van der Waals surface area contributed by atoms with E-state index in [1.165, 1.54) is 4.68 Å². The zero-order chi connectivity index (χ0) is 18.5. The number of piperazine rings is 1. The Hall–Kier alpha value is -2.38. The minimum atomic E-state index is -0.136. The van der Waals surface area contributed by atoms with E-state index in [-0.39, 0.29) is 17.4 Å². The van der Waals surface area contributed by atoms with Crippen LogP contribution < -0.4 is 10.5 Å². The van der Waals surface area contributed by atoms with Gasteiger partial charge in [-0.15, -0.1) is 0 Å². The van der Waals surface area contributed by atoms with Gasteiger partial charge in [0.15, 0.2) is 0 Å². The number of carbonyl (C=O) groups excluding carboxylic acids is 2. The Kier molecular flexibility index (Phi) is 5.90. The van der Waals surface area contributed by atoms with Gasteiger partial charge < -0.3 is 14.7 Å². The highest BCUT2D eigenvalue weighted by molar-refractivity contribution is 5.79. The summed E-state index contributed by atoms with van der Waals surface area (Å²) < 4.78 is 1.30. The molecule has 1 aromatic rings. The van der Waals surface area contributed by atoms with Gasteiger partial charge in [-0.25, -0.2) is 4.68 Å². The molecule has 2 aliphatic rings. The predicted molar refractivity (Wildman–Crippen MR) is 97.9 cm³/mol. The zero-order valence-electron chi connectivity index (χ0n) is 15.4. The number of rotatable bonds is 4. The maximum absolute atomic E-state index is 12.5. The molecule has 3 heterocycles. The fraction of sp³-hybridized carbons (Fsp3) is 0.667. The summed E-state index contributed by atoms with van der Waals surface area (Å²) >= 11 is 0. The van der Waals surface area contributed by atoms with Gasteiger partial charge in [0.1, 0.15) is 0 Å². The van der Waals surface area contributed by atoms with Crippen molar-refractivity contribution in [1.82, 2.24) is 19.6 Å². The molecule has 26 heavy (non-hydrogen) atoms. The second kappa shape index (κ2) is 8.33. The third kappa shape index (κ3) is 4.42. The molecular weight excluding hydrogens is 334 g/mol. The maximum atomic E-state index is 12.5. The first-order valence-corrected chi connectivity index (χ1v) is 9.38. The van der Waals surface area contributed by atoms with Gasteiger partial charge in [0, 0.05) is 65.2 Å². The van der Waals surface area contributed by atoms with E-state index in [2.05, 4.69) is 10.00 Å². The second-order valence-corrected chi connectivity index (χ2v) is 6.98. The van der Waals surface area contributed by atoms with E-state index in [0.29, 0.717) is 45.6 Å². The highest BCUT2D eigenvalue weighted by Gasteiger charge is 2.23. The standard InChI is InChI=1S/C18H27N5O3/c1-20-18(26)13-15(14-19-20)21-9-11-23(12-10-21)17(25)6-8-22-7-4-2-3-5-16(22)24/h13-14H,2-12H2,1H3. The molecule has 3 rings (SSSR count). The highest BCUT2D eigenvalue weighted by atomic mass is 16.2. The van der Waals surface area contributed by atoms with Crippen molar-refractivity contribution in [2.45, 2.75) is 32.1 Å². The van der Waals surface area contributed by atoms with E-state index in [1.54, 1.807) is 19.3 Å². The van der Waals surface area contributed by atoms with Crippen LogP contribution in [0.1, 0.15) is 32.1 Å². The van der Waals surface area contributed by atoms with E-state index in [1.807, 2.05) is 9.80 Å². The van der Waals surface area contributed by atoms with Gasteiger partial charge in [-0.3, -0.25) is 14.4 Å². The van der Waals surface area contributed by atoms with Gasteiger partial charge in [0.25, 0.3) is 5.56 Å². The lowest BCUT2D eigenvalue weighted by atomic mass is 10.2. The normalized spacial score (nSPS) is 18.8. The Labute approximate surface area is 153 Å². The molecule has 142 valence electrons. The van der Waals surface area contributed by atoms with Crippen LogP contribution in [0.15, 0.2) is 17.1 Å². The summed E-state index contributed by atoms with van der Waals surface area (Å²) in [5, 5.41) is 4.05. The van der Waals surface area contributed by atoms with Crippen molar-refractivity contribution >= 4 is 17.5 Å². The topological polar surface area (TPSA) is 78.8 Å². The van der Waals surface area contributed by atoms with Gasteiger partial charge in [-0.05, 0) is 12.8 Å². The molecule has 0 aliphatic carbocycles. The molecule has 2 saturated heterocycles. The minimum absolute atomic E-state index is 0.101. The molecule has 0 radical (unpaired) electrons. The molecule has 2 amide bonds. The quantitative estimate of drug-likeness (QED) is 0.767. The second-order valence-electron chi connectivity index (χ2n) is 6.98. The van der Waals surface area contributed by atoms with Crippen LogP contribution in [0, 0.1) is 0 Å². The Morgan fingerprint density at radius 2 is 1.85 bits per heavy atom. The van der Waals surface area contributed by atoms with Gasteiger partial charge in [-0.1, -0.05) is 6.42 Å². The monoisotopic (exact) mass is 361 g/mol. The van der Waals surface area contributed by atoms with Crippen molar-refractivity contribution in [3.05, 3.63) is 22.6 Å². The molecule has 1 aromatic heterocycles. The van der Waals surface area contributed by atoms with E-state index < -0.39 is 0 Å². The summed E-state index contributed by atoms with van der Waals surface area (Å²) in [6.07, 6.45) is 5.77. The van der Waals surface area contributed by atoms with E-state index in [4.69, 9.17) is 0 Å². The van der Waals surface area contributed by atoms with Crippen LogP contribution in [0.3, 0.4) is 0 Å². The summed E-state index contributed by atoms with van der Waals surface area (Å²) in [5.74, 6) is 0.280. The van der Waals surface area contributed by atoms with Gasteiger partial charge >= 0.3 is 0 Å². The number of nitrogens with zero attached hydrogens (tertiary/aromatic N) is 5. The van der Waals surface area contributed by atoms with Crippen molar-refractivity contribution in [2.24, 2.45) is 7.05 Å². The van der Waals surface area contributed by atoms with Crippen LogP contribution in [0.4, 0.5) is 5.69 Å². The average Bonchev–Trinajstić information content (AvgIpc) is 2.86. The molecule has 8 heteroatoms. The van der Waals surface area contributed by atoms with Gasteiger partial charge in [0.2, 0.25) is 11.8 Å². The maximum Gasteiger partial charge on any atom is 0.268 e. The van der Waals surface area contributed by atoms with Crippen molar-refractivity contribution in [3.8, 4) is 0 Å². The molecule has 0 aromatic carbocycles. The fourth-order valence-corrected chi connectivity index (χ4v) is 3.51. The lowest BCUT2D eigenvalue weighted by molar-refractivity contribution is -0.134. The first-order valence-electron chi connectivity index (χ1n) is 9.38. The number of aryl methyl sites for hydroxylation is 1. The molecule has 2 fully saturated rings. The van der Waals surface area contributed by atoms with Crippen molar-refractivity contribution in [3.63, 3.8) is 0 Å². The van der Waals surface area contributed by atoms with Crippen LogP contribution in [0.2, 0.25) is 0 Å². The molecule has 0 saturated carbocycles. The van der Waals surface area contributed by atoms with Crippen LogP contribution >= 0.6 is 0 Å². The Morgan fingerprint density at radius 3 is 2.58 bits per heavy atom. The van der Waals surface area contributed by atoms with E-state index in [0.717, 1.165) is 31.5 Å². The number of amides is 2. The lowest BCUT2D eigenvalue weighted by Crippen LogP contribution is -2.49. The Bertz CT molecular complexity index is 709. The molecule has 0 spiro atoms. The van der Waals surface area contributed by atoms with Crippen molar-refractivity contribution < 1.29 is 9.59 Å². The average molecular weight is 361 g/mol. The number of hydrogen-bond acceptors (Lipinski definition) is 5. The molecule has 0 N–H and O–H groups in total.